The molecule has 0 saturated carbocycles. The third kappa shape index (κ3) is 2.93. The van der Waals surface area contributed by atoms with Crippen molar-refractivity contribution in [2.24, 2.45) is 0 Å². The van der Waals surface area contributed by atoms with Crippen molar-refractivity contribution in [1.82, 2.24) is 9.14 Å². The molecule has 0 bridgehead atoms. The summed E-state index contributed by atoms with van der Waals surface area (Å²) in [5, 5.41) is 2.63. The van der Waals surface area contributed by atoms with Crippen molar-refractivity contribution in [2.45, 2.75) is 25.8 Å². The first kappa shape index (κ1) is 20.2. The van der Waals surface area contributed by atoms with Crippen molar-refractivity contribution in [3.63, 3.8) is 0 Å². The highest BCUT2D eigenvalue weighted by molar-refractivity contribution is 6.18. The Kier molecular flexibility index (Phi) is 4.44. The quantitative estimate of drug-likeness (QED) is 0.243. The maximum absolute atomic E-state index is 2.56. The molecule has 7 rings (SSSR count). The topological polar surface area (TPSA) is 7.94 Å². The Balaban J connectivity index is 1.62. The van der Waals surface area contributed by atoms with Crippen LogP contribution in [0.25, 0.3) is 32.9 Å². The lowest BCUT2D eigenvalue weighted by molar-refractivity contribution is 0.779. The highest BCUT2D eigenvalue weighted by Gasteiger charge is 2.37. The van der Waals surface area contributed by atoms with Gasteiger partial charge >= 0.3 is 0 Å². The van der Waals surface area contributed by atoms with Gasteiger partial charge in [-0.1, -0.05) is 92.7 Å². The molecule has 1 aliphatic heterocycles. The van der Waals surface area contributed by atoms with E-state index in [9.17, 15) is 0 Å². The van der Waals surface area contributed by atoms with E-state index in [0.717, 1.165) is 0 Å². The normalized spacial score (nSPS) is 16.5. The van der Waals surface area contributed by atoms with E-state index in [-0.39, 0.29) is 6.04 Å². The summed E-state index contributed by atoms with van der Waals surface area (Å²) >= 11 is 0. The molecule has 0 spiro atoms. The lowest BCUT2D eigenvalue weighted by Crippen LogP contribution is -2.30. The number of fused-ring (bicyclic) bond motifs is 5. The van der Waals surface area contributed by atoms with Crippen LogP contribution in [0.2, 0.25) is 0 Å². The van der Waals surface area contributed by atoms with Crippen LogP contribution in [0.4, 0.5) is 11.4 Å². The maximum Gasteiger partial charge on any atom is 0.235 e. The Morgan fingerprint density at radius 3 is 2.31 bits per heavy atom. The van der Waals surface area contributed by atoms with Gasteiger partial charge in [0.25, 0.3) is 0 Å². The fourth-order valence-electron chi connectivity index (χ4n) is 5.91. The van der Waals surface area contributed by atoms with Crippen LogP contribution in [-0.2, 0) is 0 Å². The second-order valence-electron chi connectivity index (χ2n) is 9.81. The summed E-state index contributed by atoms with van der Waals surface area (Å²) in [5.41, 5.74) is 10.4. The molecular formula is C33H27N2+. The number of hydrogen-bond donors (Lipinski definition) is 0. The van der Waals surface area contributed by atoms with Crippen LogP contribution in [0.3, 0.4) is 0 Å². The molecule has 0 saturated heterocycles. The molecule has 2 nitrogen and oxygen atoms in total. The molecular weight excluding hydrogens is 424 g/mol. The monoisotopic (exact) mass is 451 g/mol. The first-order valence-electron chi connectivity index (χ1n) is 12.5. The van der Waals surface area contributed by atoms with Crippen molar-refractivity contribution in [3.05, 3.63) is 121 Å². The first-order valence-corrected chi connectivity index (χ1v) is 12.5. The minimum atomic E-state index is 0.151. The van der Waals surface area contributed by atoms with Crippen LogP contribution in [0.15, 0.2) is 115 Å². The molecule has 2 heteroatoms. The molecule has 1 aromatic heterocycles. The second kappa shape index (κ2) is 7.68. The summed E-state index contributed by atoms with van der Waals surface area (Å²) in [4.78, 5) is 0. The van der Waals surface area contributed by atoms with Gasteiger partial charge < -0.3 is 4.57 Å². The van der Waals surface area contributed by atoms with Gasteiger partial charge in [0.05, 0.1) is 5.52 Å². The zero-order valence-corrected chi connectivity index (χ0v) is 20.0. The Bertz CT molecular complexity index is 1700. The average molecular weight is 452 g/mol. The van der Waals surface area contributed by atoms with Crippen LogP contribution in [-0.4, -0.2) is 10.3 Å². The lowest BCUT2D eigenvalue weighted by atomic mass is 9.91. The Hall–Kier alpha value is -4.17. The minimum Gasteiger partial charge on any atom is -0.318 e. The molecule has 2 heterocycles. The van der Waals surface area contributed by atoms with E-state index in [4.69, 9.17) is 0 Å². The highest BCUT2D eigenvalue weighted by atomic mass is 15.2. The maximum atomic E-state index is 2.56. The number of rotatable bonds is 3. The van der Waals surface area contributed by atoms with E-state index < -0.39 is 0 Å². The predicted octanol–water partition coefficient (Wildman–Crippen LogP) is 8.54. The third-order valence-corrected chi connectivity index (χ3v) is 7.45. The summed E-state index contributed by atoms with van der Waals surface area (Å²) < 4.78 is 5.00. The standard InChI is InChI=1S/C33H27N2/c1-22(2)26-21-32-28(20-27(26)23-12-5-3-6-13-23)25-16-11-19-31-33(25)35(32)30-18-10-9-17-29(30)34(31)24-14-7-4-8-15-24/h3-22,30H,1-2H3/q+1. The molecule has 168 valence electrons. The summed E-state index contributed by atoms with van der Waals surface area (Å²) in [6.45, 7) is 4.60. The van der Waals surface area contributed by atoms with Crippen molar-refractivity contribution in [3.8, 4) is 11.1 Å². The molecule has 0 N–H and O–H groups in total. The number of para-hydroxylation sites is 2. The van der Waals surface area contributed by atoms with Crippen LogP contribution in [0.5, 0.6) is 0 Å². The van der Waals surface area contributed by atoms with Gasteiger partial charge in [-0.2, -0.15) is 4.58 Å². The number of allylic oxidation sites excluding steroid dienone is 4. The van der Waals surface area contributed by atoms with E-state index >= 15 is 0 Å². The van der Waals surface area contributed by atoms with Gasteiger partial charge in [0.2, 0.25) is 17.1 Å². The molecule has 0 radical (unpaired) electrons. The molecule has 1 atom stereocenters. The van der Waals surface area contributed by atoms with E-state index in [1.54, 1.807) is 0 Å². The van der Waals surface area contributed by atoms with Gasteiger partial charge in [-0.3, -0.25) is 0 Å². The summed E-state index contributed by atoms with van der Waals surface area (Å²) in [5.74, 6) is 0.426. The van der Waals surface area contributed by atoms with E-state index in [1.807, 2.05) is 0 Å². The molecule has 2 aliphatic rings. The summed E-state index contributed by atoms with van der Waals surface area (Å²) in [6.07, 6.45) is 8.95. The SMILES string of the molecule is CC(C)c1cc2c(cc1-c1ccccc1)c1cccc3c1n2C1C=CC=CC1=[N+]3c1ccccc1. The number of hydrogen-bond acceptors (Lipinski definition) is 0. The first-order chi connectivity index (χ1) is 17.2. The predicted molar refractivity (Wildman–Crippen MR) is 149 cm³/mol. The fourth-order valence-corrected chi connectivity index (χ4v) is 5.91. The molecule has 0 fully saturated rings. The van der Waals surface area contributed by atoms with Gasteiger partial charge in [-0.15, -0.1) is 0 Å². The zero-order valence-electron chi connectivity index (χ0n) is 20.0. The Morgan fingerprint density at radius 2 is 1.54 bits per heavy atom. The van der Waals surface area contributed by atoms with Crippen LogP contribution in [0.1, 0.15) is 31.4 Å². The van der Waals surface area contributed by atoms with Gasteiger partial charge in [0.1, 0.15) is 11.6 Å². The number of nitrogens with zero attached hydrogens (tertiary/aromatic N) is 2. The Labute approximate surface area is 205 Å². The van der Waals surface area contributed by atoms with E-state index in [1.165, 1.54) is 55.6 Å². The molecule has 35 heavy (non-hydrogen) atoms. The van der Waals surface area contributed by atoms with E-state index in [0.29, 0.717) is 5.92 Å². The van der Waals surface area contributed by atoms with Gasteiger partial charge in [-0.05, 0) is 34.7 Å². The average Bonchev–Trinajstić information content (AvgIpc) is 3.24. The largest absolute Gasteiger partial charge is 0.318 e. The summed E-state index contributed by atoms with van der Waals surface area (Å²) in [7, 11) is 0. The van der Waals surface area contributed by atoms with Crippen molar-refractivity contribution < 1.29 is 0 Å². The highest BCUT2D eigenvalue weighted by Crippen LogP contribution is 2.45. The van der Waals surface area contributed by atoms with E-state index in [2.05, 4.69) is 138 Å². The summed E-state index contributed by atoms with van der Waals surface area (Å²) in [6, 6.07) is 33.4. The number of aromatic nitrogens is 1. The minimum absolute atomic E-state index is 0.151. The Morgan fingerprint density at radius 1 is 0.771 bits per heavy atom. The smallest absolute Gasteiger partial charge is 0.235 e. The molecule has 0 amide bonds. The zero-order chi connectivity index (χ0) is 23.5. The molecule has 1 aliphatic carbocycles. The second-order valence-corrected chi connectivity index (χ2v) is 9.81. The van der Waals surface area contributed by atoms with Crippen LogP contribution >= 0.6 is 0 Å². The lowest BCUT2D eigenvalue weighted by Gasteiger charge is -2.25. The van der Waals surface area contributed by atoms with Crippen molar-refractivity contribution in [1.29, 1.82) is 0 Å². The van der Waals surface area contributed by atoms with Crippen LogP contribution in [0, 0.1) is 0 Å². The third-order valence-electron chi connectivity index (χ3n) is 7.45. The van der Waals surface area contributed by atoms with Gasteiger partial charge in [-0.25, -0.2) is 0 Å². The van der Waals surface area contributed by atoms with Gasteiger partial charge in [0, 0.05) is 35.0 Å². The fraction of sp³-hybridized carbons (Fsp3) is 0.121. The number of benzene rings is 4. The van der Waals surface area contributed by atoms with Crippen molar-refractivity contribution in [2.75, 3.05) is 0 Å². The van der Waals surface area contributed by atoms with Gasteiger partial charge in [0.15, 0.2) is 0 Å². The van der Waals surface area contributed by atoms with Crippen LogP contribution < -0.4 is 4.58 Å². The van der Waals surface area contributed by atoms with Crippen molar-refractivity contribution >= 4 is 38.9 Å². The molecule has 4 aromatic carbocycles. The molecule has 5 aromatic rings. The molecule has 1 unspecified atom stereocenters.